The Morgan fingerprint density at radius 2 is 1.20 bits per heavy atom. The Balaban J connectivity index is 4.48. The van der Waals surface area contributed by atoms with E-state index in [0.717, 1.165) is 57.8 Å². The zero-order chi connectivity index (χ0) is 41.4. The summed E-state index contributed by atoms with van der Waals surface area (Å²) in [5.41, 5.74) is 0. The maximum atomic E-state index is 12.6. The normalized spacial score (nSPS) is 15.2. The first-order chi connectivity index (χ1) is 27.1. The van der Waals surface area contributed by atoms with Crippen molar-refractivity contribution in [2.24, 2.45) is 0 Å². The monoisotopic (exact) mass is 811 g/mol. The third kappa shape index (κ3) is 38.3. The molecule has 56 heavy (non-hydrogen) atoms. The molecule has 0 spiro atoms. The van der Waals surface area contributed by atoms with E-state index >= 15 is 0 Å². The van der Waals surface area contributed by atoms with Crippen LogP contribution in [-0.4, -0.2) is 76.9 Å². The van der Waals surface area contributed by atoms with E-state index in [1.165, 1.54) is 38.5 Å². The number of carbonyl (C=O) groups excluding carboxylic acids is 2. The quantitative estimate of drug-likeness (QED) is 0.0154. The molecule has 0 amide bonds. The fourth-order valence-electron chi connectivity index (χ4n) is 5.16. The largest absolute Gasteiger partial charge is 0.472 e. The van der Waals surface area contributed by atoms with Crippen LogP contribution < -0.4 is 0 Å². The van der Waals surface area contributed by atoms with Crippen molar-refractivity contribution in [2.45, 2.75) is 167 Å². The molecule has 0 aliphatic rings. The molecule has 0 rings (SSSR count). The van der Waals surface area contributed by atoms with Gasteiger partial charge in [-0.2, -0.15) is 0 Å². The van der Waals surface area contributed by atoms with E-state index in [-0.39, 0.29) is 19.4 Å². The predicted molar refractivity (Wildman–Crippen MR) is 225 cm³/mol. The van der Waals surface area contributed by atoms with Gasteiger partial charge in [-0.15, -0.1) is 0 Å². The molecule has 12 heteroatoms. The van der Waals surface area contributed by atoms with Gasteiger partial charge in [0.15, 0.2) is 6.10 Å². The van der Waals surface area contributed by atoms with Gasteiger partial charge in [0.05, 0.1) is 25.9 Å². The molecule has 0 fully saturated rings. The average Bonchev–Trinajstić information content (AvgIpc) is 3.18. The highest BCUT2D eigenvalue weighted by atomic mass is 31.2. The molecule has 0 aliphatic carbocycles. The van der Waals surface area contributed by atoms with Crippen LogP contribution in [-0.2, 0) is 32.7 Å². The Morgan fingerprint density at radius 1 is 0.625 bits per heavy atom. The summed E-state index contributed by atoms with van der Waals surface area (Å²) in [4.78, 5) is 34.9. The Labute approximate surface area is 338 Å². The van der Waals surface area contributed by atoms with Gasteiger partial charge in [0, 0.05) is 12.8 Å². The number of hydrogen-bond donors (Lipinski definition) is 4. The molecule has 2 unspecified atom stereocenters. The molecular formula is C44H75O11P. The number of aliphatic hydroxyl groups excluding tert-OH is 3. The van der Waals surface area contributed by atoms with Gasteiger partial charge in [-0.05, 0) is 70.6 Å². The Hall–Kier alpha value is -2.63. The number of phosphoric acid groups is 1. The van der Waals surface area contributed by atoms with Gasteiger partial charge in [0.1, 0.15) is 12.7 Å². The molecule has 11 nitrogen and oxygen atoms in total. The highest BCUT2D eigenvalue weighted by Gasteiger charge is 2.27. The molecule has 0 radical (unpaired) electrons. The van der Waals surface area contributed by atoms with Crippen LogP contribution in [0.4, 0.5) is 0 Å². The SMILES string of the molecule is CC/C=C/CC(O)/C=C/C=C/CCCCCCCC(=O)O[C@H](COC(=O)CCC/C=C\C/C=C\C/C=C\CCCCCCCC)COP(=O)(O)OC[C@@H](O)CO. The summed E-state index contributed by atoms with van der Waals surface area (Å²) in [6, 6.07) is 0. The number of carbonyl (C=O) groups is 2. The maximum absolute atomic E-state index is 12.6. The van der Waals surface area contributed by atoms with Crippen LogP contribution in [0.15, 0.2) is 72.9 Å². The van der Waals surface area contributed by atoms with E-state index in [1.807, 2.05) is 30.4 Å². The zero-order valence-electron chi connectivity index (χ0n) is 34.4. The van der Waals surface area contributed by atoms with Crippen molar-refractivity contribution < 1.29 is 52.9 Å². The molecule has 4 atom stereocenters. The Bertz CT molecular complexity index is 1180. The second-order valence-corrected chi connectivity index (χ2v) is 15.3. The number of allylic oxidation sites excluding steroid dienone is 10. The van der Waals surface area contributed by atoms with E-state index in [4.69, 9.17) is 19.1 Å². The molecular weight excluding hydrogens is 735 g/mol. The summed E-state index contributed by atoms with van der Waals surface area (Å²) in [5.74, 6) is -1.05. The second kappa shape index (κ2) is 39.2. The lowest BCUT2D eigenvalue weighted by Crippen LogP contribution is -2.29. The lowest BCUT2D eigenvalue weighted by atomic mass is 10.1. The van der Waals surface area contributed by atoms with Gasteiger partial charge in [-0.3, -0.25) is 18.6 Å². The van der Waals surface area contributed by atoms with Crippen LogP contribution >= 0.6 is 7.82 Å². The van der Waals surface area contributed by atoms with Gasteiger partial charge in [0.2, 0.25) is 0 Å². The summed E-state index contributed by atoms with van der Waals surface area (Å²) in [7, 11) is -4.65. The van der Waals surface area contributed by atoms with Crippen molar-refractivity contribution in [3.63, 3.8) is 0 Å². The zero-order valence-corrected chi connectivity index (χ0v) is 35.3. The number of esters is 2. The molecule has 322 valence electrons. The fraction of sp³-hybridized carbons (Fsp3) is 0.682. The number of rotatable bonds is 38. The van der Waals surface area contributed by atoms with Crippen LogP contribution in [0.1, 0.15) is 149 Å². The van der Waals surface area contributed by atoms with E-state index in [9.17, 15) is 29.3 Å². The first-order valence-corrected chi connectivity index (χ1v) is 22.5. The maximum Gasteiger partial charge on any atom is 0.472 e. The van der Waals surface area contributed by atoms with Gasteiger partial charge < -0.3 is 29.7 Å². The number of unbranched alkanes of at least 4 members (excludes halogenated alkanes) is 12. The van der Waals surface area contributed by atoms with Gasteiger partial charge >= 0.3 is 19.8 Å². The molecule has 0 saturated carbocycles. The van der Waals surface area contributed by atoms with E-state index < -0.39 is 57.9 Å². The van der Waals surface area contributed by atoms with Crippen molar-refractivity contribution in [1.82, 2.24) is 0 Å². The summed E-state index contributed by atoms with van der Waals surface area (Å²) >= 11 is 0. The van der Waals surface area contributed by atoms with Crippen molar-refractivity contribution in [3.8, 4) is 0 Å². The van der Waals surface area contributed by atoms with Crippen LogP contribution in [0.3, 0.4) is 0 Å². The number of hydrogen-bond acceptors (Lipinski definition) is 10. The first kappa shape index (κ1) is 53.4. The molecule has 0 aliphatic heterocycles. The minimum Gasteiger partial charge on any atom is -0.462 e. The van der Waals surface area contributed by atoms with Gasteiger partial charge in [-0.1, -0.05) is 138 Å². The summed E-state index contributed by atoms with van der Waals surface area (Å²) in [6.45, 7) is 2.04. The Kier molecular flexibility index (Phi) is 37.4. The Morgan fingerprint density at radius 3 is 1.86 bits per heavy atom. The summed E-state index contributed by atoms with van der Waals surface area (Å²) < 4.78 is 32.6. The lowest BCUT2D eigenvalue weighted by molar-refractivity contribution is -0.161. The second-order valence-electron chi connectivity index (χ2n) is 13.8. The topological polar surface area (TPSA) is 169 Å². The standard InChI is InChI=1S/C44H75O11P/c1-3-5-7-8-9-10-11-12-13-14-15-16-17-20-23-26-30-34-43(48)52-38-42(39-54-56(50,51)53-37-41(47)36-45)55-44(49)35-31-27-24-21-18-19-22-25-29-33-40(46)32-28-6-4-2/h6,12-13,15-16,20,22-23,25,28-29,33,40-42,45-47H,3-5,7-11,14,17-19,21,24,26-27,30-32,34-39H2,1-2H3,(H,50,51)/b13-12-,16-15-,23-20-,25-22+,28-6+,33-29+/t40?,41-,42+/m0/s1. The van der Waals surface area contributed by atoms with Crippen LogP contribution in [0.2, 0.25) is 0 Å². The number of aliphatic hydroxyl groups is 3. The highest BCUT2D eigenvalue weighted by Crippen LogP contribution is 2.43. The molecule has 0 saturated heterocycles. The minimum absolute atomic E-state index is 0.123. The summed E-state index contributed by atoms with van der Waals surface area (Å²) in [5, 5.41) is 28.2. The first-order valence-electron chi connectivity index (χ1n) is 21.0. The van der Waals surface area contributed by atoms with Crippen molar-refractivity contribution in [2.75, 3.05) is 26.4 Å². The minimum atomic E-state index is -4.65. The van der Waals surface area contributed by atoms with Crippen LogP contribution in [0, 0.1) is 0 Å². The molecule has 0 aromatic carbocycles. The van der Waals surface area contributed by atoms with Gasteiger partial charge in [0.25, 0.3) is 0 Å². The van der Waals surface area contributed by atoms with Crippen molar-refractivity contribution >= 4 is 19.8 Å². The molecule has 0 aromatic rings. The number of phosphoric ester groups is 1. The van der Waals surface area contributed by atoms with Crippen LogP contribution in [0.25, 0.3) is 0 Å². The lowest BCUT2D eigenvalue weighted by Gasteiger charge is -2.20. The van der Waals surface area contributed by atoms with E-state index in [2.05, 4.69) is 54.8 Å². The van der Waals surface area contributed by atoms with Crippen molar-refractivity contribution in [3.05, 3.63) is 72.9 Å². The fourth-order valence-corrected chi connectivity index (χ4v) is 5.95. The molecule has 0 aromatic heterocycles. The van der Waals surface area contributed by atoms with Gasteiger partial charge in [-0.25, -0.2) is 4.57 Å². The highest BCUT2D eigenvalue weighted by molar-refractivity contribution is 7.47. The summed E-state index contributed by atoms with van der Waals surface area (Å²) in [6.07, 6.45) is 40.6. The predicted octanol–water partition coefficient (Wildman–Crippen LogP) is 9.86. The number of ether oxygens (including phenoxy) is 2. The van der Waals surface area contributed by atoms with Crippen LogP contribution in [0.5, 0.6) is 0 Å². The molecule has 4 N–H and O–H groups in total. The third-order valence-electron chi connectivity index (χ3n) is 8.43. The third-order valence-corrected chi connectivity index (χ3v) is 9.38. The van der Waals surface area contributed by atoms with E-state index in [1.54, 1.807) is 6.08 Å². The smallest absolute Gasteiger partial charge is 0.462 e. The van der Waals surface area contributed by atoms with E-state index in [0.29, 0.717) is 25.7 Å². The van der Waals surface area contributed by atoms with Crippen molar-refractivity contribution in [1.29, 1.82) is 0 Å². The average molecular weight is 811 g/mol. The molecule has 0 bridgehead atoms. The molecule has 0 heterocycles.